The van der Waals surface area contributed by atoms with E-state index in [0.29, 0.717) is 24.5 Å². The van der Waals surface area contributed by atoms with Gasteiger partial charge >= 0.3 is 0 Å². The molecule has 0 aliphatic rings. The maximum Gasteiger partial charge on any atom is 0.228 e. The first-order valence-corrected chi connectivity index (χ1v) is 9.53. The van der Waals surface area contributed by atoms with Gasteiger partial charge in [0.15, 0.2) is 5.58 Å². The molecule has 147 valence electrons. The molecule has 2 heterocycles. The number of hydrogen-bond acceptors (Lipinski definition) is 5. The van der Waals surface area contributed by atoms with Gasteiger partial charge in [-0.15, -0.1) is 0 Å². The Morgan fingerprint density at radius 2 is 1.83 bits per heavy atom. The predicted octanol–water partition coefficient (Wildman–Crippen LogP) is 5.85. The molecule has 4 rings (SSSR count). The zero-order valence-electron chi connectivity index (χ0n) is 16.6. The van der Waals surface area contributed by atoms with Crippen molar-refractivity contribution in [2.24, 2.45) is 0 Å². The first-order chi connectivity index (χ1) is 14.0. The van der Waals surface area contributed by atoms with Crippen LogP contribution in [0.1, 0.15) is 25.8 Å². The van der Waals surface area contributed by atoms with Crippen molar-refractivity contribution >= 4 is 11.1 Å². The van der Waals surface area contributed by atoms with E-state index in [1.54, 1.807) is 12.4 Å². The molecule has 0 amide bonds. The Kier molecular flexibility index (Phi) is 5.21. The van der Waals surface area contributed by atoms with Crippen LogP contribution in [0.2, 0.25) is 0 Å². The lowest BCUT2D eigenvalue weighted by molar-refractivity contribution is 0.112. The SMILES string of the molecule is [CH2]CC(C)(C)Oc1ccc(COc2ccc3oc(-c4cccnc4)nc3c2)cc1. The van der Waals surface area contributed by atoms with Crippen LogP contribution in [0.3, 0.4) is 0 Å². The van der Waals surface area contributed by atoms with Crippen molar-refractivity contribution in [3.63, 3.8) is 0 Å². The molecule has 5 heteroatoms. The summed E-state index contributed by atoms with van der Waals surface area (Å²) in [7, 11) is 0. The molecule has 2 aromatic heterocycles. The van der Waals surface area contributed by atoms with Gasteiger partial charge in [0, 0.05) is 18.5 Å². The molecule has 0 fully saturated rings. The second-order valence-electron chi connectivity index (χ2n) is 7.43. The number of nitrogens with zero attached hydrogens (tertiary/aromatic N) is 2. The second-order valence-corrected chi connectivity index (χ2v) is 7.43. The summed E-state index contributed by atoms with van der Waals surface area (Å²) >= 11 is 0. The maximum absolute atomic E-state index is 5.93. The third kappa shape index (κ3) is 4.57. The van der Waals surface area contributed by atoms with E-state index in [1.807, 2.05) is 68.4 Å². The van der Waals surface area contributed by atoms with Crippen LogP contribution in [-0.2, 0) is 6.61 Å². The van der Waals surface area contributed by atoms with Crippen LogP contribution in [-0.4, -0.2) is 15.6 Å². The van der Waals surface area contributed by atoms with E-state index in [1.165, 1.54) is 0 Å². The first-order valence-electron chi connectivity index (χ1n) is 9.53. The highest BCUT2D eigenvalue weighted by molar-refractivity contribution is 5.77. The molecule has 5 nitrogen and oxygen atoms in total. The van der Waals surface area contributed by atoms with Crippen molar-refractivity contribution in [2.45, 2.75) is 32.5 Å². The smallest absolute Gasteiger partial charge is 0.228 e. The molecule has 0 bridgehead atoms. The van der Waals surface area contributed by atoms with E-state index in [9.17, 15) is 0 Å². The standard InChI is InChI=1S/C24H23N2O3/c1-4-24(2,3)29-19-9-7-17(8-10-19)16-27-20-11-12-22-21(14-20)26-23(28-22)18-6-5-13-25-15-18/h5-15H,1,4,16H2,2-3H3. The highest BCUT2D eigenvalue weighted by Crippen LogP contribution is 2.27. The molecule has 0 aliphatic heterocycles. The van der Waals surface area contributed by atoms with E-state index < -0.39 is 0 Å². The summed E-state index contributed by atoms with van der Waals surface area (Å²) in [6.45, 7) is 8.42. The predicted molar refractivity (Wildman–Crippen MR) is 113 cm³/mol. The zero-order valence-corrected chi connectivity index (χ0v) is 16.6. The lowest BCUT2D eigenvalue weighted by Gasteiger charge is -2.24. The van der Waals surface area contributed by atoms with E-state index in [2.05, 4.69) is 16.9 Å². The summed E-state index contributed by atoms with van der Waals surface area (Å²) in [5.74, 6) is 2.11. The van der Waals surface area contributed by atoms with E-state index in [0.717, 1.165) is 28.1 Å². The molecule has 4 aromatic rings. The molecule has 0 saturated heterocycles. The summed E-state index contributed by atoms with van der Waals surface area (Å²) < 4.78 is 17.7. The normalized spacial score (nSPS) is 11.6. The van der Waals surface area contributed by atoms with Gasteiger partial charge in [-0.25, -0.2) is 4.98 Å². The zero-order chi connectivity index (χ0) is 20.3. The topological polar surface area (TPSA) is 57.4 Å². The number of fused-ring (bicyclic) bond motifs is 1. The Morgan fingerprint density at radius 1 is 1.03 bits per heavy atom. The Bertz CT molecular complexity index is 1090. The summed E-state index contributed by atoms with van der Waals surface area (Å²) in [6, 6.07) is 17.3. The number of benzene rings is 2. The lowest BCUT2D eigenvalue weighted by Crippen LogP contribution is -2.26. The fraction of sp³-hybridized carbons (Fsp3) is 0.208. The average Bonchev–Trinajstić information content (AvgIpc) is 3.17. The van der Waals surface area contributed by atoms with E-state index in [-0.39, 0.29) is 5.60 Å². The second kappa shape index (κ2) is 7.95. The lowest BCUT2D eigenvalue weighted by atomic mass is 10.1. The highest BCUT2D eigenvalue weighted by Gasteiger charge is 2.16. The van der Waals surface area contributed by atoms with Crippen LogP contribution in [0.15, 0.2) is 71.4 Å². The molecule has 29 heavy (non-hydrogen) atoms. The molecule has 0 N–H and O–H groups in total. The average molecular weight is 387 g/mol. The van der Waals surface area contributed by atoms with Crippen molar-refractivity contribution in [2.75, 3.05) is 0 Å². The molecule has 0 saturated carbocycles. The van der Waals surface area contributed by atoms with Crippen molar-refractivity contribution in [1.82, 2.24) is 9.97 Å². The Balaban J connectivity index is 1.43. The van der Waals surface area contributed by atoms with Crippen molar-refractivity contribution in [1.29, 1.82) is 0 Å². The number of ether oxygens (including phenoxy) is 2. The summed E-state index contributed by atoms with van der Waals surface area (Å²) in [4.78, 5) is 8.65. The minimum absolute atomic E-state index is 0.278. The van der Waals surface area contributed by atoms with Gasteiger partial charge in [0.05, 0.1) is 5.56 Å². The third-order valence-electron chi connectivity index (χ3n) is 4.59. The van der Waals surface area contributed by atoms with Crippen molar-refractivity contribution < 1.29 is 13.9 Å². The van der Waals surface area contributed by atoms with Crippen LogP contribution >= 0.6 is 0 Å². The van der Waals surface area contributed by atoms with Crippen LogP contribution in [0.4, 0.5) is 0 Å². The fourth-order valence-electron chi connectivity index (χ4n) is 2.80. The van der Waals surface area contributed by atoms with E-state index >= 15 is 0 Å². The number of hydrogen-bond donors (Lipinski definition) is 0. The number of rotatable bonds is 7. The van der Waals surface area contributed by atoms with Crippen molar-refractivity contribution in [3.8, 4) is 23.0 Å². The largest absolute Gasteiger partial charge is 0.489 e. The quantitative estimate of drug-likeness (QED) is 0.398. The van der Waals surface area contributed by atoms with Crippen LogP contribution in [0, 0.1) is 6.92 Å². The molecule has 1 radical (unpaired) electrons. The van der Waals surface area contributed by atoms with Gasteiger partial charge in [-0.05, 0) is 69.2 Å². The summed E-state index contributed by atoms with van der Waals surface area (Å²) in [5, 5.41) is 0. The minimum atomic E-state index is -0.278. The van der Waals surface area contributed by atoms with Gasteiger partial charge in [-0.3, -0.25) is 4.98 Å². The molecule has 0 unspecified atom stereocenters. The Labute approximate surface area is 170 Å². The molecule has 0 atom stereocenters. The van der Waals surface area contributed by atoms with Crippen LogP contribution in [0.5, 0.6) is 11.5 Å². The number of pyridine rings is 1. The third-order valence-corrected chi connectivity index (χ3v) is 4.59. The van der Waals surface area contributed by atoms with Gasteiger partial charge in [0.25, 0.3) is 0 Å². The van der Waals surface area contributed by atoms with E-state index in [4.69, 9.17) is 13.9 Å². The minimum Gasteiger partial charge on any atom is -0.489 e. The van der Waals surface area contributed by atoms with Crippen molar-refractivity contribution in [3.05, 3.63) is 79.5 Å². The molecule has 2 aromatic carbocycles. The number of oxazole rings is 1. The fourth-order valence-corrected chi connectivity index (χ4v) is 2.80. The summed E-state index contributed by atoms with van der Waals surface area (Å²) in [6.07, 6.45) is 4.15. The molecule has 0 spiro atoms. The number of aromatic nitrogens is 2. The van der Waals surface area contributed by atoms with Gasteiger partial charge in [0.2, 0.25) is 5.89 Å². The van der Waals surface area contributed by atoms with Gasteiger partial charge in [-0.1, -0.05) is 12.1 Å². The molecular formula is C24H23N2O3. The first kappa shape index (κ1) is 19.0. The van der Waals surface area contributed by atoms with Crippen LogP contribution < -0.4 is 9.47 Å². The summed E-state index contributed by atoms with van der Waals surface area (Å²) in [5.41, 5.74) is 3.09. The Hall–Kier alpha value is -3.34. The van der Waals surface area contributed by atoms with Gasteiger partial charge in [-0.2, -0.15) is 0 Å². The van der Waals surface area contributed by atoms with Crippen LogP contribution in [0.25, 0.3) is 22.6 Å². The maximum atomic E-state index is 5.93. The highest BCUT2D eigenvalue weighted by atomic mass is 16.5. The molecule has 0 aliphatic carbocycles. The monoisotopic (exact) mass is 387 g/mol. The van der Waals surface area contributed by atoms with Gasteiger partial charge in [0.1, 0.15) is 29.2 Å². The Morgan fingerprint density at radius 3 is 2.55 bits per heavy atom. The molecular weight excluding hydrogens is 364 g/mol. The van der Waals surface area contributed by atoms with Gasteiger partial charge < -0.3 is 13.9 Å².